The van der Waals surface area contributed by atoms with Crippen LogP contribution in [0.2, 0.25) is 0 Å². The lowest BCUT2D eigenvalue weighted by atomic mass is 10.1. The highest BCUT2D eigenvalue weighted by molar-refractivity contribution is 5.68. The average Bonchev–Trinajstić information content (AvgIpc) is 2.70. The molecule has 0 unspecified atom stereocenters. The number of benzene rings is 1. The summed E-state index contributed by atoms with van der Waals surface area (Å²) in [5.41, 5.74) is 7.90. The number of nitrogens with two attached hydrogens (primary N) is 1. The summed E-state index contributed by atoms with van der Waals surface area (Å²) in [6, 6.07) is 6.34. The number of aromatic nitrogens is 2. The van der Waals surface area contributed by atoms with E-state index in [9.17, 15) is 4.39 Å². The van der Waals surface area contributed by atoms with Gasteiger partial charge in [-0.15, -0.1) is 0 Å². The molecule has 2 rings (SSSR count). The lowest BCUT2D eigenvalue weighted by Crippen LogP contribution is -2.03. The molecule has 1 aromatic heterocycles. The second-order valence-corrected chi connectivity index (χ2v) is 4.03. The van der Waals surface area contributed by atoms with Crippen LogP contribution in [-0.4, -0.2) is 23.4 Å². The predicted octanol–water partition coefficient (Wildman–Crippen LogP) is 1.74. The first-order valence-corrected chi connectivity index (χ1v) is 5.72. The Kier molecular flexibility index (Phi) is 3.62. The molecule has 2 aromatic rings. The Morgan fingerprint density at radius 1 is 1.39 bits per heavy atom. The van der Waals surface area contributed by atoms with Gasteiger partial charge in [-0.05, 0) is 30.8 Å². The molecule has 0 amide bonds. The normalized spacial score (nSPS) is 10.7. The second kappa shape index (κ2) is 5.18. The number of hydrogen-bond acceptors (Lipinski definition) is 3. The molecule has 4 nitrogen and oxygen atoms in total. The van der Waals surface area contributed by atoms with Gasteiger partial charge in [0.2, 0.25) is 0 Å². The van der Waals surface area contributed by atoms with Gasteiger partial charge in [-0.1, -0.05) is 0 Å². The molecule has 96 valence electrons. The summed E-state index contributed by atoms with van der Waals surface area (Å²) in [6.45, 7) is 0.538. The first-order valence-electron chi connectivity index (χ1n) is 5.72. The van der Waals surface area contributed by atoms with Crippen LogP contribution < -0.4 is 10.5 Å². The van der Waals surface area contributed by atoms with E-state index in [-0.39, 0.29) is 5.82 Å². The smallest absolute Gasteiger partial charge is 0.128 e. The van der Waals surface area contributed by atoms with E-state index in [1.165, 1.54) is 12.1 Å². The number of rotatable bonds is 4. The fraction of sp³-hybridized carbons (Fsp3) is 0.308. The number of aryl methyl sites for hydroxylation is 1. The molecular formula is C13H16FN3O. The van der Waals surface area contributed by atoms with Crippen molar-refractivity contribution < 1.29 is 9.13 Å². The van der Waals surface area contributed by atoms with E-state index in [1.807, 2.05) is 13.1 Å². The minimum absolute atomic E-state index is 0.299. The van der Waals surface area contributed by atoms with E-state index < -0.39 is 0 Å². The van der Waals surface area contributed by atoms with Crippen molar-refractivity contribution in [2.24, 2.45) is 12.8 Å². The molecule has 0 bridgehead atoms. The minimum Gasteiger partial charge on any atom is -0.496 e. The van der Waals surface area contributed by atoms with Gasteiger partial charge in [0.15, 0.2) is 0 Å². The minimum atomic E-state index is -0.299. The molecule has 0 aliphatic rings. The van der Waals surface area contributed by atoms with Gasteiger partial charge in [0.25, 0.3) is 0 Å². The summed E-state index contributed by atoms with van der Waals surface area (Å²) in [6.07, 6.45) is 0.700. The summed E-state index contributed by atoms with van der Waals surface area (Å²) in [4.78, 5) is 0. The Morgan fingerprint density at radius 2 is 2.17 bits per heavy atom. The van der Waals surface area contributed by atoms with Crippen molar-refractivity contribution in [3.63, 3.8) is 0 Å². The van der Waals surface area contributed by atoms with Crippen molar-refractivity contribution in [2.45, 2.75) is 6.42 Å². The van der Waals surface area contributed by atoms with Crippen LogP contribution in [0.25, 0.3) is 11.3 Å². The van der Waals surface area contributed by atoms with Crippen LogP contribution in [0.15, 0.2) is 24.3 Å². The van der Waals surface area contributed by atoms with E-state index in [0.29, 0.717) is 24.3 Å². The molecule has 1 aromatic carbocycles. The van der Waals surface area contributed by atoms with E-state index in [0.717, 1.165) is 11.4 Å². The zero-order valence-corrected chi connectivity index (χ0v) is 10.5. The van der Waals surface area contributed by atoms with Gasteiger partial charge in [-0.25, -0.2) is 4.39 Å². The van der Waals surface area contributed by atoms with E-state index in [4.69, 9.17) is 10.5 Å². The number of hydrogen-bond donors (Lipinski definition) is 1. The largest absolute Gasteiger partial charge is 0.496 e. The molecule has 5 heteroatoms. The molecule has 0 saturated carbocycles. The van der Waals surface area contributed by atoms with Crippen molar-refractivity contribution in [2.75, 3.05) is 13.7 Å². The van der Waals surface area contributed by atoms with Gasteiger partial charge in [-0.2, -0.15) is 5.10 Å². The Labute approximate surface area is 105 Å². The van der Waals surface area contributed by atoms with Gasteiger partial charge in [0.05, 0.1) is 18.5 Å². The number of nitrogens with zero attached hydrogens (tertiary/aromatic N) is 2. The zero-order valence-electron chi connectivity index (χ0n) is 10.5. The van der Waals surface area contributed by atoms with Gasteiger partial charge in [0, 0.05) is 19.0 Å². The van der Waals surface area contributed by atoms with Crippen molar-refractivity contribution in [3.05, 3.63) is 35.8 Å². The van der Waals surface area contributed by atoms with Crippen molar-refractivity contribution in [1.29, 1.82) is 0 Å². The first kappa shape index (κ1) is 12.6. The maximum Gasteiger partial charge on any atom is 0.128 e. The highest BCUT2D eigenvalue weighted by Crippen LogP contribution is 2.30. The van der Waals surface area contributed by atoms with Crippen LogP contribution in [0.4, 0.5) is 4.39 Å². The Bertz CT molecular complexity index is 551. The Hall–Kier alpha value is -1.88. The van der Waals surface area contributed by atoms with Crippen LogP contribution in [0.5, 0.6) is 5.75 Å². The molecule has 18 heavy (non-hydrogen) atoms. The Morgan fingerprint density at radius 3 is 2.83 bits per heavy atom. The molecule has 0 fully saturated rings. The highest BCUT2D eigenvalue weighted by atomic mass is 19.1. The fourth-order valence-electron chi connectivity index (χ4n) is 1.93. The van der Waals surface area contributed by atoms with Gasteiger partial charge >= 0.3 is 0 Å². The highest BCUT2D eigenvalue weighted by Gasteiger charge is 2.12. The Balaban J connectivity index is 2.50. The monoisotopic (exact) mass is 249 g/mol. The molecule has 0 spiro atoms. The summed E-state index contributed by atoms with van der Waals surface area (Å²) in [5.74, 6) is 0.325. The summed E-state index contributed by atoms with van der Waals surface area (Å²) < 4.78 is 20.3. The molecule has 2 N–H and O–H groups in total. The molecule has 0 saturated heterocycles. The maximum absolute atomic E-state index is 13.4. The van der Waals surface area contributed by atoms with Crippen LogP contribution in [0, 0.1) is 5.82 Å². The first-order chi connectivity index (χ1) is 8.65. The SMILES string of the molecule is COc1ccc(F)cc1-c1cc(CCN)nn1C. The number of ether oxygens (including phenoxy) is 1. The average molecular weight is 249 g/mol. The quantitative estimate of drug-likeness (QED) is 0.898. The second-order valence-electron chi connectivity index (χ2n) is 4.03. The van der Waals surface area contributed by atoms with Crippen molar-refractivity contribution in [1.82, 2.24) is 9.78 Å². The number of halogens is 1. The van der Waals surface area contributed by atoms with E-state index >= 15 is 0 Å². The molecule has 1 heterocycles. The molecule has 0 radical (unpaired) electrons. The lowest BCUT2D eigenvalue weighted by Gasteiger charge is -2.08. The number of methoxy groups -OCH3 is 1. The summed E-state index contributed by atoms with van der Waals surface area (Å²) >= 11 is 0. The van der Waals surface area contributed by atoms with Crippen LogP contribution in [0.1, 0.15) is 5.69 Å². The van der Waals surface area contributed by atoms with E-state index in [1.54, 1.807) is 17.9 Å². The zero-order chi connectivity index (χ0) is 13.1. The molecule has 0 atom stereocenters. The topological polar surface area (TPSA) is 53.1 Å². The van der Waals surface area contributed by atoms with Gasteiger partial charge < -0.3 is 10.5 Å². The third-order valence-electron chi connectivity index (χ3n) is 2.77. The van der Waals surface area contributed by atoms with Crippen LogP contribution in [0.3, 0.4) is 0 Å². The third-order valence-corrected chi connectivity index (χ3v) is 2.77. The van der Waals surface area contributed by atoms with Gasteiger partial charge in [0.1, 0.15) is 11.6 Å². The standard InChI is InChI=1S/C13H16FN3O/c1-17-12(8-10(16-17)5-6-15)11-7-9(14)3-4-13(11)18-2/h3-4,7-8H,5-6,15H2,1-2H3. The van der Waals surface area contributed by atoms with Crippen molar-refractivity contribution >= 4 is 0 Å². The summed E-state index contributed by atoms with van der Waals surface area (Å²) in [7, 11) is 3.38. The van der Waals surface area contributed by atoms with E-state index in [2.05, 4.69) is 5.10 Å². The lowest BCUT2D eigenvalue weighted by molar-refractivity contribution is 0.415. The summed E-state index contributed by atoms with van der Waals surface area (Å²) in [5, 5.41) is 4.34. The maximum atomic E-state index is 13.4. The molecule has 0 aliphatic carbocycles. The fourth-order valence-corrected chi connectivity index (χ4v) is 1.93. The predicted molar refractivity (Wildman–Crippen MR) is 67.9 cm³/mol. The van der Waals surface area contributed by atoms with Gasteiger partial charge in [-0.3, -0.25) is 4.68 Å². The van der Waals surface area contributed by atoms with Crippen molar-refractivity contribution in [3.8, 4) is 17.0 Å². The molecule has 0 aliphatic heterocycles. The molecular weight excluding hydrogens is 233 g/mol. The van der Waals surface area contributed by atoms with Crippen LogP contribution >= 0.6 is 0 Å². The third kappa shape index (κ3) is 2.36. The van der Waals surface area contributed by atoms with Crippen LogP contribution in [-0.2, 0) is 13.5 Å².